The fraction of sp³-hybridized carbons (Fsp3) is 0.438. The lowest BCUT2D eigenvalue weighted by atomic mass is 10.0. The lowest BCUT2D eigenvalue weighted by Gasteiger charge is -2.34. The Kier molecular flexibility index (Phi) is 4.24. The molecule has 4 heteroatoms. The van der Waals surface area contributed by atoms with Gasteiger partial charge in [0.2, 0.25) is 0 Å². The molecular formula is C16H19NOS2. The van der Waals surface area contributed by atoms with Crippen LogP contribution in [0.1, 0.15) is 25.5 Å². The van der Waals surface area contributed by atoms with E-state index in [1.54, 1.807) is 0 Å². The van der Waals surface area contributed by atoms with Gasteiger partial charge in [-0.2, -0.15) is 23.5 Å². The van der Waals surface area contributed by atoms with Crippen molar-refractivity contribution in [2.45, 2.75) is 35.7 Å². The van der Waals surface area contributed by atoms with Crippen LogP contribution in [0.3, 0.4) is 0 Å². The third kappa shape index (κ3) is 2.69. The topological polar surface area (TPSA) is 33.1 Å². The van der Waals surface area contributed by atoms with Crippen LogP contribution in [-0.2, 0) is 0 Å². The quantitative estimate of drug-likeness (QED) is 0.912. The SMILES string of the molecule is CC1SCC(C(O)c2cncc3ccccc23)SC1C. The molecule has 0 spiro atoms. The van der Waals surface area contributed by atoms with Crippen molar-refractivity contribution in [2.24, 2.45) is 0 Å². The second-order valence-corrected chi connectivity index (χ2v) is 8.34. The molecule has 4 atom stereocenters. The maximum absolute atomic E-state index is 10.8. The van der Waals surface area contributed by atoms with Crippen molar-refractivity contribution in [3.8, 4) is 0 Å². The highest BCUT2D eigenvalue weighted by Crippen LogP contribution is 2.41. The molecule has 0 saturated carbocycles. The number of aromatic nitrogens is 1. The predicted molar refractivity (Wildman–Crippen MR) is 89.5 cm³/mol. The molecule has 0 amide bonds. The van der Waals surface area contributed by atoms with Gasteiger partial charge < -0.3 is 5.11 Å². The molecule has 2 nitrogen and oxygen atoms in total. The van der Waals surface area contributed by atoms with Crippen molar-refractivity contribution in [1.82, 2.24) is 4.98 Å². The molecular weight excluding hydrogens is 286 g/mol. The summed E-state index contributed by atoms with van der Waals surface area (Å²) in [6.07, 6.45) is 3.24. The van der Waals surface area contributed by atoms with Crippen LogP contribution >= 0.6 is 23.5 Å². The van der Waals surface area contributed by atoms with Crippen LogP contribution in [0.25, 0.3) is 10.8 Å². The molecule has 1 aromatic heterocycles. The third-order valence-electron chi connectivity index (χ3n) is 3.94. The van der Waals surface area contributed by atoms with E-state index in [-0.39, 0.29) is 5.25 Å². The minimum atomic E-state index is -0.443. The maximum Gasteiger partial charge on any atom is 0.0937 e. The van der Waals surface area contributed by atoms with Crippen LogP contribution < -0.4 is 0 Å². The standard InChI is InChI=1S/C16H19NOS2/c1-10-11(2)20-15(9-19-10)16(18)14-8-17-7-12-5-3-4-6-13(12)14/h3-8,10-11,15-16,18H,9H2,1-2H3. The molecule has 2 heterocycles. The molecule has 2 aromatic rings. The van der Waals surface area contributed by atoms with E-state index in [4.69, 9.17) is 0 Å². The zero-order valence-electron chi connectivity index (χ0n) is 11.7. The molecule has 1 N–H and O–H groups in total. The number of pyridine rings is 1. The van der Waals surface area contributed by atoms with E-state index in [2.05, 4.69) is 24.9 Å². The highest BCUT2D eigenvalue weighted by molar-refractivity contribution is 8.07. The summed E-state index contributed by atoms with van der Waals surface area (Å²) in [4.78, 5) is 4.29. The molecule has 4 unspecified atom stereocenters. The van der Waals surface area contributed by atoms with Gasteiger partial charge in [0.05, 0.1) is 6.10 Å². The van der Waals surface area contributed by atoms with Gasteiger partial charge in [-0.15, -0.1) is 0 Å². The van der Waals surface area contributed by atoms with E-state index in [0.29, 0.717) is 10.5 Å². The number of fused-ring (bicyclic) bond motifs is 1. The summed E-state index contributed by atoms with van der Waals surface area (Å²) < 4.78 is 0. The summed E-state index contributed by atoms with van der Waals surface area (Å²) in [5.74, 6) is 1.00. The van der Waals surface area contributed by atoms with Gasteiger partial charge in [-0.25, -0.2) is 0 Å². The van der Waals surface area contributed by atoms with Crippen molar-refractivity contribution >= 4 is 34.3 Å². The molecule has 0 radical (unpaired) electrons. The zero-order chi connectivity index (χ0) is 14.1. The summed E-state index contributed by atoms with van der Waals surface area (Å²) in [6.45, 7) is 4.52. The molecule has 1 aromatic carbocycles. The summed E-state index contributed by atoms with van der Waals surface area (Å²) >= 11 is 3.87. The van der Waals surface area contributed by atoms with Gasteiger partial charge in [-0.1, -0.05) is 38.1 Å². The average Bonchev–Trinajstić information content (AvgIpc) is 2.49. The lowest BCUT2D eigenvalue weighted by molar-refractivity contribution is 0.181. The van der Waals surface area contributed by atoms with Gasteiger partial charge in [0, 0.05) is 44.8 Å². The first-order valence-electron chi connectivity index (χ1n) is 6.94. The Morgan fingerprint density at radius 3 is 2.80 bits per heavy atom. The van der Waals surface area contributed by atoms with E-state index in [1.807, 2.05) is 54.1 Å². The van der Waals surface area contributed by atoms with Gasteiger partial charge in [0.15, 0.2) is 0 Å². The second kappa shape index (κ2) is 5.96. The minimum absolute atomic E-state index is 0.249. The monoisotopic (exact) mass is 305 g/mol. The first-order chi connectivity index (χ1) is 9.66. The molecule has 20 heavy (non-hydrogen) atoms. The molecule has 1 aliphatic rings. The van der Waals surface area contributed by atoms with Crippen LogP contribution in [0.5, 0.6) is 0 Å². The van der Waals surface area contributed by atoms with E-state index in [1.165, 1.54) is 0 Å². The van der Waals surface area contributed by atoms with Crippen LogP contribution in [0.15, 0.2) is 36.7 Å². The summed E-state index contributed by atoms with van der Waals surface area (Å²) in [5.41, 5.74) is 0.961. The maximum atomic E-state index is 10.8. The van der Waals surface area contributed by atoms with E-state index >= 15 is 0 Å². The number of benzene rings is 1. The van der Waals surface area contributed by atoms with Crippen LogP contribution in [0.4, 0.5) is 0 Å². The highest BCUT2D eigenvalue weighted by Gasteiger charge is 2.31. The second-order valence-electron chi connectivity index (χ2n) is 5.31. The number of nitrogens with zero attached hydrogens (tertiary/aromatic N) is 1. The zero-order valence-corrected chi connectivity index (χ0v) is 13.3. The Labute approximate surface area is 128 Å². The van der Waals surface area contributed by atoms with Gasteiger partial charge in [-0.05, 0) is 5.39 Å². The minimum Gasteiger partial charge on any atom is -0.387 e. The van der Waals surface area contributed by atoms with Crippen molar-refractivity contribution in [1.29, 1.82) is 0 Å². The smallest absolute Gasteiger partial charge is 0.0937 e. The summed E-state index contributed by atoms with van der Waals surface area (Å²) in [6, 6.07) is 8.15. The number of aliphatic hydroxyl groups excluding tert-OH is 1. The number of aliphatic hydroxyl groups is 1. The predicted octanol–water partition coefficient (Wildman–Crippen LogP) is 3.89. The Morgan fingerprint density at radius 2 is 2.00 bits per heavy atom. The summed E-state index contributed by atoms with van der Waals surface area (Å²) in [5, 5.41) is 14.5. The molecule has 1 saturated heterocycles. The Balaban J connectivity index is 1.91. The van der Waals surface area contributed by atoms with Gasteiger partial charge in [-0.3, -0.25) is 4.98 Å². The lowest BCUT2D eigenvalue weighted by Crippen LogP contribution is -2.30. The fourth-order valence-corrected chi connectivity index (χ4v) is 5.54. The fourth-order valence-electron chi connectivity index (χ4n) is 2.55. The average molecular weight is 305 g/mol. The van der Waals surface area contributed by atoms with Crippen LogP contribution in [0.2, 0.25) is 0 Å². The number of thioether (sulfide) groups is 2. The van der Waals surface area contributed by atoms with E-state index in [9.17, 15) is 5.11 Å². The largest absolute Gasteiger partial charge is 0.387 e. The first kappa shape index (κ1) is 14.2. The van der Waals surface area contributed by atoms with Crippen molar-refractivity contribution in [3.05, 3.63) is 42.2 Å². The van der Waals surface area contributed by atoms with E-state index in [0.717, 1.165) is 22.1 Å². The van der Waals surface area contributed by atoms with E-state index < -0.39 is 6.10 Å². The van der Waals surface area contributed by atoms with Crippen LogP contribution in [0, 0.1) is 0 Å². The summed E-state index contributed by atoms with van der Waals surface area (Å²) in [7, 11) is 0. The van der Waals surface area contributed by atoms with Crippen molar-refractivity contribution in [3.63, 3.8) is 0 Å². The molecule has 106 valence electrons. The first-order valence-corrected chi connectivity index (χ1v) is 8.93. The number of hydrogen-bond acceptors (Lipinski definition) is 4. The third-order valence-corrected chi connectivity index (χ3v) is 7.42. The molecule has 1 fully saturated rings. The van der Waals surface area contributed by atoms with Crippen molar-refractivity contribution < 1.29 is 5.11 Å². The van der Waals surface area contributed by atoms with Crippen LogP contribution in [-0.4, -0.2) is 31.6 Å². The molecule has 3 rings (SSSR count). The molecule has 0 aliphatic carbocycles. The Hall–Kier alpha value is -0.710. The molecule has 1 aliphatic heterocycles. The van der Waals surface area contributed by atoms with Gasteiger partial charge in [0.1, 0.15) is 0 Å². The molecule has 0 bridgehead atoms. The van der Waals surface area contributed by atoms with Gasteiger partial charge >= 0.3 is 0 Å². The highest BCUT2D eigenvalue weighted by atomic mass is 32.2. The normalized spacial score (nSPS) is 28.4. The van der Waals surface area contributed by atoms with Crippen molar-refractivity contribution in [2.75, 3.05) is 5.75 Å². The Morgan fingerprint density at radius 1 is 1.20 bits per heavy atom. The number of rotatable bonds is 2. The Bertz CT molecular complexity index is 599. The number of hydrogen-bond donors (Lipinski definition) is 1. The van der Waals surface area contributed by atoms with Gasteiger partial charge in [0.25, 0.3) is 0 Å².